The fourth-order valence-corrected chi connectivity index (χ4v) is 3.87. The van der Waals surface area contributed by atoms with Crippen LogP contribution in [0, 0.1) is 0 Å². The van der Waals surface area contributed by atoms with Gasteiger partial charge in [-0.15, -0.1) is 0 Å². The highest BCUT2D eigenvalue weighted by atomic mass is 35.5. The number of amides is 3. The Morgan fingerprint density at radius 2 is 1.70 bits per heavy atom. The van der Waals surface area contributed by atoms with Gasteiger partial charge in [0.2, 0.25) is 0 Å². The molecular formula is C27H29ClF3N5O4. The average molecular weight is 580 g/mol. The summed E-state index contributed by atoms with van der Waals surface area (Å²) in [7, 11) is 1.48. The maximum absolute atomic E-state index is 14.0. The summed E-state index contributed by atoms with van der Waals surface area (Å²) in [6.07, 6.45) is -3.42. The van der Waals surface area contributed by atoms with Crippen molar-refractivity contribution in [2.75, 3.05) is 43.9 Å². The van der Waals surface area contributed by atoms with Crippen LogP contribution in [0.4, 0.5) is 29.3 Å². The van der Waals surface area contributed by atoms with Crippen molar-refractivity contribution in [1.29, 1.82) is 0 Å². The van der Waals surface area contributed by atoms with Gasteiger partial charge in [0.15, 0.2) is 5.75 Å². The Morgan fingerprint density at radius 1 is 1.00 bits per heavy atom. The van der Waals surface area contributed by atoms with Crippen LogP contribution in [0.15, 0.2) is 54.7 Å². The van der Waals surface area contributed by atoms with Crippen molar-refractivity contribution in [1.82, 2.24) is 15.2 Å². The van der Waals surface area contributed by atoms with E-state index in [1.54, 1.807) is 18.2 Å². The van der Waals surface area contributed by atoms with Gasteiger partial charge in [0.1, 0.15) is 29.4 Å². The number of carbonyl (C=O) groups excluding carboxylic acids is 2. The van der Waals surface area contributed by atoms with Crippen molar-refractivity contribution in [3.63, 3.8) is 0 Å². The molecule has 2 aromatic carbocycles. The van der Waals surface area contributed by atoms with Crippen LogP contribution < -0.4 is 25.4 Å². The lowest BCUT2D eigenvalue weighted by molar-refractivity contribution is -0.138. The van der Waals surface area contributed by atoms with Gasteiger partial charge < -0.3 is 30.3 Å². The zero-order valence-electron chi connectivity index (χ0n) is 22.1. The van der Waals surface area contributed by atoms with Gasteiger partial charge in [0, 0.05) is 31.5 Å². The van der Waals surface area contributed by atoms with Crippen LogP contribution in [-0.2, 0) is 6.18 Å². The van der Waals surface area contributed by atoms with E-state index in [0.29, 0.717) is 23.7 Å². The number of hydrogen-bond donors (Lipinski definition) is 3. The fraction of sp³-hybridized carbons (Fsp3) is 0.296. The van der Waals surface area contributed by atoms with Crippen LogP contribution in [0.1, 0.15) is 29.9 Å². The molecule has 13 heteroatoms. The van der Waals surface area contributed by atoms with Crippen molar-refractivity contribution in [3.8, 4) is 17.2 Å². The number of pyridine rings is 1. The molecule has 3 N–H and O–H groups in total. The SMILES string of the molecule is CCN(CC)CCOc1c(Cl)ccc(NC(=O)Nc2ccc(Oc3ccnc(C(=O)NC)c3)cc2)c1C(F)(F)F. The Bertz CT molecular complexity index is 1320. The first-order chi connectivity index (χ1) is 19.0. The summed E-state index contributed by atoms with van der Waals surface area (Å²) in [5, 5.41) is 6.97. The first-order valence-electron chi connectivity index (χ1n) is 12.3. The Kier molecular flexibility index (Phi) is 10.6. The van der Waals surface area contributed by atoms with E-state index in [4.69, 9.17) is 21.1 Å². The molecule has 1 heterocycles. The van der Waals surface area contributed by atoms with Crippen LogP contribution in [-0.4, -0.2) is 55.1 Å². The molecule has 0 bridgehead atoms. The minimum Gasteiger partial charge on any atom is -0.490 e. The van der Waals surface area contributed by atoms with E-state index >= 15 is 0 Å². The van der Waals surface area contributed by atoms with Crippen molar-refractivity contribution in [2.45, 2.75) is 20.0 Å². The van der Waals surface area contributed by atoms with E-state index in [1.807, 2.05) is 18.7 Å². The van der Waals surface area contributed by atoms with Gasteiger partial charge in [-0.2, -0.15) is 13.2 Å². The number of nitrogens with zero attached hydrogens (tertiary/aromatic N) is 2. The minimum atomic E-state index is -4.85. The van der Waals surface area contributed by atoms with Gasteiger partial charge in [-0.1, -0.05) is 25.4 Å². The number of anilines is 2. The molecule has 1 aromatic heterocycles. The molecule has 3 aromatic rings. The third-order valence-electron chi connectivity index (χ3n) is 5.73. The predicted octanol–water partition coefficient (Wildman–Crippen LogP) is 6.27. The number of rotatable bonds is 11. The Morgan fingerprint density at radius 3 is 2.33 bits per heavy atom. The predicted molar refractivity (Wildman–Crippen MR) is 147 cm³/mol. The number of halogens is 4. The zero-order valence-corrected chi connectivity index (χ0v) is 22.8. The highest BCUT2D eigenvalue weighted by molar-refractivity contribution is 6.32. The van der Waals surface area contributed by atoms with Gasteiger partial charge in [0.25, 0.3) is 5.91 Å². The first-order valence-corrected chi connectivity index (χ1v) is 12.7. The summed E-state index contributed by atoms with van der Waals surface area (Å²) in [5.74, 6) is -0.159. The number of benzene rings is 2. The van der Waals surface area contributed by atoms with E-state index in [0.717, 1.165) is 19.2 Å². The summed E-state index contributed by atoms with van der Waals surface area (Å²) < 4.78 is 53.3. The highest BCUT2D eigenvalue weighted by Crippen LogP contribution is 2.45. The van der Waals surface area contributed by atoms with Gasteiger partial charge in [-0.3, -0.25) is 9.78 Å². The van der Waals surface area contributed by atoms with Crippen LogP contribution in [0.2, 0.25) is 5.02 Å². The van der Waals surface area contributed by atoms with Gasteiger partial charge in [-0.05, 0) is 55.6 Å². The van der Waals surface area contributed by atoms with E-state index in [2.05, 4.69) is 20.9 Å². The normalized spacial score (nSPS) is 11.2. The molecule has 3 rings (SSSR count). The quantitative estimate of drug-likeness (QED) is 0.247. The molecule has 0 spiro atoms. The largest absolute Gasteiger partial charge is 0.490 e. The molecule has 0 aliphatic carbocycles. The molecular weight excluding hydrogens is 551 g/mol. The number of hydrogen-bond acceptors (Lipinski definition) is 6. The molecule has 214 valence electrons. The lowest BCUT2D eigenvalue weighted by Crippen LogP contribution is -2.28. The second-order valence-electron chi connectivity index (χ2n) is 8.33. The topological polar surface area (TPSA) is 105 Å². The van der Waals surface area contributed by atoms with Crippen LogP contribution in [0.3, 0.4) is 0 Å². The molecule has 0 fully saturated rings. The summed E-state index contributed by atoms with van der Waals surface area (Å²) in [6, 6.07) is 10.5. The third-order valence-corrected chi connectivity index (χ3v) is 6.03. The standard InChI is InChI=1S/C27H29ClF3N5O4/c1-4-36(5-2)14-15-39-24-20(28)10-11-21(23(24)27(29,30)31)35-26(38)34-17-6-8-18(9-7-17)40-19-12-13-33-22(16-19)25(37)32-3/h6-13,16H,4-5,14-15H2,1-3H3,(H,32,37)(H2,34,35,38). The lowest BCUT2D eigenvalue weighted by Gasteiger charge is -2.22. The number of urea groups is 1. The number of alkyl halides is 3. The average Bonchev–Trinajstić information content (AvgIpc) is 2.92. The summed E-state index contributed by atoms with van der Waals surface area (Å²) in [4.78, 5) is 30.3. The van der Waals surface area contributed by atoms with E-state index in [1.165, 1.54) is 37.5 Å². The van der Waals surface area contributed by atoms with Gasteiger partial charge in [0.05, 0.1) is 10.7 Å². The van der Waals surface area contributed by atoms with Crippen molar-refractivity contribution in [3.05, 3.63) is 71.0 Å². The second-order valence-corrected chi connectivity index (χ2v) is 8.74. The molecule has 0 atom stereocenters. The summed E-state index contributed by atoms with van der Waals surface area (Å²) >= 11 is 6.06. The smallest absolute Gasteiger partial charge is 0.422 e. The Labute approximate surface area is 234 Å². The van der Waals surface area contributed by atoms with Crippen molar-refractivity contribution in [2.24, 2.45) is 0 Å². The molecule has 40 heavy (non-hydrogen) atoms. The van der Waals surface area contributed by atoms with E-state index in [9.17, 15) is 22.8 Å². The molecule has 9 nitrogen and oxygen atoms in total. The molecule has 0 aliphatic rings. The third kappa shape index (κ3) is 8.23. The number of carbonyl (C=O) groups is 2. The molecule has 3 amide bonds. The Hall–Kier alpha value is -4.03. The van der Waals surface area contributed by atoms with Crippen LogP contribution >= 0.6 is 11.6 Å². The molecule has 0 unspecified atom stereocenters. The maximum Gasteiger partial charge on any atom is 0.422 e. The van der Waals surface area contributed by atoms with Gasteiger partial charge in [-0.25, -0.2) is 4.79 Å². The second kappa shape index (κ2) is 13.9. The molecule has 0 saturated heterocycles. The maximum atomic E-state index is 14.0. The van der Waals surface area contributed by atoms with Crippen molar-refractivity contribution >= 4 is 34.9 Å². The molecule has 0 saturated carbocycles. The van der Waals surface area contributed by atoms with Gasteiger partial charge >= 0.3 is 12.2 Å². The molecule has 0 radical (unpaired) electrons. The van der Waals surface area contributed by atoms with E-state index in [-0.39, 0.29) is 23.2 Å². The number of likely N-dealkylation sites (N-methyl/N-ethyl adjacent to an activating group) is 1. The summed E-state index contributed by atoms with van der Waals surface area (Å²) in [5.41, 5.74) is -1.21. The first kappa shape index (κ1) is 30.5. The lowest BCUT2D eigenvalue weighted by atomic mass is 10.1. The number of aromatic nitrogens is 1. The van der Waals surface area contributed by atoms with E-state index < -0.39 is 29.2 Å². The number of ether oxygens (including phenoxy) is 2. The monoisotopic (exact) mass is 579 g/mol. The molecule has 0 aliphatic heterocycles. The van der Waals surface area contributed by atoms with Crippen molar-refractivity contribution < 1.29 is 32.2 Å². The fourth-order valence-electron chi connectivity index (χ4n) is 3.65. The minimum absolute atomic E-state index is 0.0127. The van der Waals surface area contributed by atoms with Crippen LogP contribution in [0.5, 0.6) is 17.2 Å². The summed E-state index contributed by atoms with van der Waals surface area (Å²) in [6.45, 7) is 5.71. The Balaban J connectivity index is 1.70. The highest BCUT2D eigenvalue weighted by Gasteiger charge is 2.39. The van der Waals surface area contributed by atoms with Crippen LogP contribution in [0.25, 0.3) is 0 Å². The zero-order chi connectivity index (χ0) is 29.3. The number of nitrogens with one attached hydrogen (secondary N) is 3.